The fraction of sp³-hybridized carbons (Fsp3) is 0.0769. The summed E-state index contributed by atoms with van der Waals surface area (Å²) in [5.41, 5.74) is 0.746. The maximum Gasteiger partial charge on any atom is 0.286 e. The van der Waals surface area contributed by atoms with Gasteiger partial charge in [-0.05, 0) is 31.2 Å². The first kappa shape index (κ1) is 12.4. The van der Waals surface area contributed by atoms with Gasteiger partial charge in [0.1, 0.15) is 5.75 Å². The van der Waals surface area contributed by atoms with Crippen LogP contribution < -0.4 is 0 Å². The lowest BCUT2D eigenvalue weighted by Gasteiger charge is -2.05. The van der Waals surface area contributed by atoms with Crippen molar-refractivity contribution in [2.24, 2.45) is 0 Å². The zero-order valence-electron chi connectivity index (χ0n) is 9.66. The van der Waals surface area contributed by atoms with Gasteiger partial charge in [-0.2, -0.15) is 0 Å². The van der Waals surface area contributed by atoms with Crippen LogP contribution in [0.4, 0.5) is 5.69 Å². The lowest BCUT2D eigenvalue weighted by molar-refractivity contribution is -0.388. The first-order valence-corrected chi connectivity index (χ1v) is 6.10. The standard InChI is InChI=1S/C13H11NO3S/c1-9-4-2-7-12(13(9)14(16)17)18-11-6-3-5-10(15)8-11/h2-8,15H,1H3. The molecule has 0 amide bonds. The molecule has 0 aliphatic heterocycles. The SMILES string of the molecule is Cc1cccc(Sc2cccc(O)c2)c1[N+](=O)[O-]. The molecule has 1 N–H and O–H groups in total. The Morgan fingerprint density at radius 2 is 1.94 bits per heavy atom. The fourth-order valence-corrected chi connectivity index (χ4v) is 2.68. The van der Waals surface area contributed by atoms with Crippen LogP contribution in [0.15, 0.2) is 52.3 Å². The molecule has 18 heavy (non-hydrogen) atoms. The van der Waals surface area contributed by atoms with Crippen molar-refractivity contribution in [1.82, 2.24) is 0 Å². The summed E-state index contributed by atoms with van der Waals surface area (Å²) < 4.78 is 0. The lowest BCUT2D eigenvalue weighted by atomic mass is 10.2. The number of para-hydroxylation sites is 1. The van der Waals surface area contributed by atoms with Crippen LogP contribution in [0, 0.1) is 17.0 Å². The number of hydrogen-bond donors (Lipinski definition) is 1. The normalized spacial score (nSPS) is 10.3. The Labute approximate surface area is 108 Å². The highest BCUT2D eigenvalue weighted by Gasteiger charge is 2.17. The van der Waals surface area contributed by atoms with Gasteiger partial charge in [-0.15, -0.1) is 0 Å². The molecule has 5 heteroatoms. The highest BCUT2D eigenvalue weighted by atomic mass is 32.2. The Bertz CT molecular complexity index is 599. The second-order valence-electron chi connectivity index (χ2n) is 3.78. The van der Waals surface area contributed by atoms with E-state index in [0.717, 1.165) is 4.90 Å². The average Bonchev–Trinajstić information content (AvgIpc) is 2.28. The van der Waals surface area contributed by atoms with Crippen LogP contribution in [0.25, 0.3) is 0 Å². The number of nitro benzene ring substituents is 1. The number of hydrogen-bond acceptors (Lipinski definition) is 4. The second-order valence-corrected chi connectivity index (χ2v) is 4.89. The van der Waals surface area contributed by atoms with E-state index in [-0.39, 0.29) is 16.4 Å². The number of phenols is 1. The van der Waals surface area contributed by atoms with Crippen molar-refractivity contribution in [3.05, 3.63) is 58.1 Å². The molecule has 2 aromatic rings. The molecule has 2 rings (SSSR count). The zero-order chi connectivity index (χ0) is 13.1. The van der Waals surface area contributed by atoms with Gasteiger partial charge in [0, 0.05) is 10.5 Å². The molecule has 0 unspecified atom stereocenters. The molecule has 0 aliphatic rings. The number of aryl methyl sites for hydroxylation is 1. The minimum Gasteiger partial charge on any atom is -0.508 e. The predicted molar refractivity (Wildman–Crippen MR) is 70.1 cm³/mol. The van der Waals surface area contributed by atoms with Crippen LogP contribution in [0.1, 0.15) is 5.56 Å². The van der Waals surface area contributed by atoms with Gasteiger partial charge < -0.3 is 5.11 Å². The highest BCUT2D eigenvalue weighted by molar-refractivity contribution is 7.99. The van der Waals surface area contributed by atoms with Crippen LogP contribution in [0.5, 0.6) is 5.75 Å². The quantitative estimate of drug-likeness (QED) is 0.675. The average molecular weight is 261 g/mol. The van der Waals surface area contributed by atoms with E-state index >= 15 is 0 Å². The van der Waals surface area contributed by atoms with Crippen molar-refractivity contribution in [1.29, 1.82) is 0 Å². The summed E-state index contributed by atoms with van der Waals surface area (Å²) in [6.45, 7) is 1.71. The molecule has 2 aromatic carbocycles. The van der Waals surface area contributed by atoms with Gasteiger partial charge in [-0.25, -0.2) is 0 Å². The number of nitrogens with zero attached hydrogens (tertiary/aromatic N) is 1. The second kappa shape index (κ2) is 5.10. The number of nitro groups is 1. The molecule has 0 atom stereocenters. The molecular formula is C13H11NO3S. The van der Waals surface area contributed by atoms with E-state index in [1.54, 1.807) is 49.4 Å². The Kier molecular flexibility index (Phi) is 3.53. The maximum absolute atomic E-state index is 11.0. The summed E-state index contributed by atoms with van der Waals surface area (Å²) >= 11 is 1.27. The van der Waals surface area contributed by atoms with Crippen LogP contribution in [-0.4, -0.2) is 10.0 Å². The molecule has 0 aromatic heterocycles. The van der Waals surface area contributed by atoms with Crippen LogP contribution >= 0.6 is 11.8 Å². The Hall–Kier alpha value is -2.01. The zero-order valence-corrected chi connectivity index (χ0v) is 10.5. The van der Waals surface area contributed by atoms with E-state index in [1.807, 2.05) is 0 Å². The van der Waals surface area contributed by atoms with Gasteiger partial charge in [0.25, 0.3) is 5.69 Å². The lowest BCUT2D eigenvalue weighted by Crippen LogP contribution is -1.93. The van der Waals surface area contributed by atoms with E-state index < -0.39 is 0 Å². The first-order valence-electron chi connectivity index (χ1n) is 5.29. The molecule has 0 fully saturated rings. The maximum atomic E-state index is 11.0. The Morgan fingerprint density at radius 3 is 2.61 bits per heavy atom. The molecule has 92 valence electrons. The van der Waals surface area contributed by atoms with E-state index in [4.69, 9.17) is 0 Å². The number of benzene rings is 2. The predicted octanol–water partition coefficient (Wildman–Crippen LogP) is 3.76. The highest BCUT2D eigenvalue weighted by Crippen LogP contribution is 2.37. The van der Waals surface area contributed by atoms with Crippen molar-refractivity contribution < 1.29 is 10.0 Å². The summed E-state index contributed by atoms with van der Waals surface area (Å²) in [6.07, 6.45) is 0. The van der Waals surface area contributed by atoms with Gasteiger partial charge in [-0.1, -0.05) is 30.0 Å². The van der Waals surface area contributed by atoms with Crippen LogP contribution in [-0.2, 0) is 0 Å². The van der Waals surface area contributed by atoms with E-state index in [2.05, 4.69) is 0 Å². The van der Waals surface area contributed by atoms with Gasteiger partial charge >= 0.3 is 0 Å². The fourth-order valence-electron chi connectivity index (χ4n) is 1.62. The third-order valence-electron chi connectivity index (χ3n) is 2.43. The number of aromatic hydroxyl groups is 1. The molecule has 0 spiro atoms. The summed E-state index contributed by atoms with van der Waals surface area (Å²) in [7, 11) is 0. The molecule has 0 aliphatic carbocycles. The third kappa shape index (κ3) is 2.62. The first-order chi connectivity index (χ1) is 8.58. The monoisotopic (exact) mass is 261 g/mol. The largest absolute Gasteiger partial charge is 0.508 e. The summed E-state index contributed by atoms with van der Waals surface area (Å²) in [4.78, 5) is 12.0. The summed E-state index contributed by atoms with van der Waals surface area (Å²) in [5.74, 6) is 0.148. The molecule has 0 heterocycles. The Balaban J connectivity index is 2.40. The molecule has 0 radical (unpaired) electrons. The molecule has 0 bridgehead atoms. The van der Waals surface area contributed by atoms with Crippen molar-refractivity contribution in [3.63, 3.8) is 0 Å². The minimum atomic E-state index is -0.375. The van der Waals surface area contributed by atoms with Gasteiger partial charge in [0.2, 0.25) is 0 Å². The smallest absolute Gasteiger partial charge is 0.286 e. The van der Waals surface area contributed by atoms with Crippen molar-refractivity contribution in [2.45, 2.75) is 16.7 Å². The van der Waals surface area contributed by atoms with Gasteiger partial charge in [0.05, 0.1) is 9.82 Å². The van der Waals surface area contributed by atoms with E-state index in [9.17, 15) is 15.2 Å². The number of phenolic OH excluding ortho intramolecular Hbond substituents is 1. The molecular weight excluding hydrogens is 250 g/mol. The molecule has 4 nitrogen and oxygen atoms in total. The van der Waals surface area contributed by atoms with Gasteiger partial charge in [-0.3, -0.25) is 10.1 Å². The third-order valence-corrected chi connectivity index (χ3v) is 3.47. The number of rotatable bonds is 3. The topological polar surface area (TPSA) is 63.4 Å². The van der Waals surface area contributed by atoms with Crippen molar-refractivity contribution in [3.8, 4) is 5.75 Å². The molecule has 0 saturated carbocycles. The summed E-state index contributed by atoms with van der Waals surface area (Å²) in [5, 5.41) is 20.4. The van der Waals surface area contributed by atoms with Gasteiger partial charge in [0.15, 0.2) is 0 Å². The minimum absolute atomic E-state index is 0.117. The molecule has 0 saturated heterocycles. The van der Waals surface area contributed by atoms with Crippen LogP contribution in [0.3, 0.4) is 0 Å². The Morgan fingerprint density at radius 1 is 1.22 bits per heavy atom. The van der Waals surface area contributed by atoms with Crippen molar-refractivity contribution >= 4 is 17.4 Å². The summed E-state index contributed by atoms with van der Waals surface area (Å²) in [6, 6.07) is 11.9. The van der Waals surface area contributed by atoms with E-state index in [0.29, 0.717) is 10.5 Å². The van der Waals surface area contributed by atoms with Crippen molar-refractivity contribution in [2.75, 3.05) is 0 Å². The van der Waals surface area contributed by atoms with Crippen LogP contribution in [0.2, 0.25) is 0 Å². The van der Waals surface area contributed by atoms with E-state index in [1.165, 1.54) is 11.8 Å².